The molecule has 17 heavy (non-hydrogen) atoms. The summed E-state index contributed by atoms with van der Waals surface area (Å²) in [6, 6.07) is 4.24. The molecule has 0 bridgehead atoms. The molecule has 0 amide bonds. The highest BCUT2D eigenvalue weighted by molar-refractivity contribution is 7.09. The van der Waals surface area contributed by atoms with Gasteiger partial charge in [0, 0.05) is 11.3 Å². The van der Waals surface area contributed by atoms with E-state index < -0.39 is 5.60 Å². The lowest BCUT2D eigenvalue weighted by atomic mass is 9.67. The van der Waals surface area contributed by atoms with Gasteiger partial charge < -0.3 is 5.11 Å². The van der Waals surface area contributed by atoms with E-state index >= 15 is 0 Å². The zero-order valence-corrected chi connectivity index (χ0v) is 11.3. The molecule has 0 saturated heterocycles. The standard InChI is InChI=1S/C15H22OS/c16-15(12-13-4-3-11-17-13)9-7-14(8-10-15)5-1-2-6-14/h3-4,11,16H,1-2,5-10,12H2. The van der Waals surface area contributed by atoms with Crippen molar-refractivity contribution >= 4 is 11.3 Å². The molecule has 1 spiro atoms. The molecule has 2 fully saturated rings. The SMILES string of the molecule is OC1(Cc2cccs2)CCC2(CCCC2)CC1. The normalized spacial score (nSPS) is 26.4. The second-order valence-corrected chi connectivity index (χ2v) is 7.22. The molecule has 2 heteroatoms. The molecule has 0 atom stereocenters. The topological polar surface area (TPSA) is 20.2 Å². The number of thiophene rings is 1. The van der Waals surface area contributed by atoms with E-state index in [4.69, 9.17) is 0 Å². The molecule has 2 aliphatic rings. The van der Waals surface area contributed by atoms with Gasteiger partial charge in [-0.1, -0.05) is 18.9 Å². The van der Waals surface area contributed by atoms with Crippen molar-refractivity contribution < 1.29 is 5.11 Å². The van der Waals surface area contributed by atoms with E-state index in [-0.39, 0.29) is 0 Å². The first-order chi connectivity index (χ1) is 8.20. The third kappa shape index (κ3) is 2.43. The summed E-state index contributed by atoms with van der Waals surface area (Å²) in [6.07, 6.45) is 11.1. The maximum absolute atomic E-state index is 10.7. The van der Waals surface area contributed by atoms with Gasteiger partial charge in [0.2, 0.25) is 0 Å². The van der Waals surface area contributed by atoms with E-state index in [1.807, 2.05) is 0 Å². The Balaban J connectivity index is 1.63. The van der Waals surface area contributed by atoms with Gasteiger partial charge in [0.25, 0.3) is 0 Å². The van der Waals surface area contributed by atoms with Gasteiger partial charge >= 0.3 is 0 Å². The summed E-state index contributed by atoms with van der Waals surface area (Å²) in [7, 11) is 0. The third-order valence-electron chi connectivity index (χ3n) is 4.99. The van der Waals surface area contributed by atoms with Crippen molar-refractivity contribution in [3.8, 4) is 0 Å². The van der Waals surface area contributed by atoms with Gasteiger partial charge in [-0.05, 0) is 55.4 Å². The van der Waals surface area contributed by atoms with Crippen LogP contribution >= 0.6 is 11.3 Å². The molecule has 1 aromatic heterocycles. The molecule has 2 saturated carbocycles. The lowest BCUT2D eigenvalue weighted by Crippen LogP contribution is -2.39. The van der Waals surface area contributed by atoms with Crippen LogP contribution in [0.5, 0.6) is 0 Å². The lowest BCUT2D eigenvalue weighted by molar-refractivity contribution is -0.0316. The molecule has 1 N–H and O–H groups in total. The summed E-state index contributed by atoms with van der Waals surface area (Å²) in [5, 5.41) is 12.8. The molecule has 1 aromatic rings. The van der Waals surface area contributed by atoms with Crippen molar-refractivity contribution in [2.75, 3.05) is 0 Å². The molecule has 0 aliphatic heterocycles. The summed E-state index contributed by atoms with van der Waals surface area (Å²) in [5.74, 6) is 0. The minimum absolute atomic E-state index is 0.404. The van der Waals surface area contributed by atoms with Crippen molar-refractivity contribution in [1.29, 1.82) is 0 Å². The Hall–Kier alpha value is -0.340. The van der Waals surface area contributed by atoms with Gasteiger partial charge in [-0.2, -0.15) is 0 Å². The molecule has 2 aliphatic carbocycles. The quantitative estimate of drug-likeness (QED) is 0.835. The summed E-state index contributed by atoms with van der Waals surface area (Å²) in [6.45, 7) is 0. The van der Waals surface area contributed by atoms with Gasteiger partial charge in [-0.25, -0.2) is 0 Å². The van der Waals surface area contributed by atoms with Crippen LogP contribution < -0.4 is 0 Å². The number of hydrogen-bond donors (Lipinski definition) is 1. The van der Waals surface area contributed by atoms with E-state index in [2.05, 4.69) is 17.5 Å². The van der Waals surface area contributed by atoms with Crippen molar-refractivity contribution in [2.45, 2.75) is 63.4 Å². The Morgan fingerprint density at radius 3 is 2.35 bits per heavy atom. The smallest absolute Gasteiger partial charge is 0.0696 e. The molecule has 0 radical (unpaired) electrons. The van der Waals surface area contributed by atoms with Crippen LogP contribution in [0, 0.1) is 5.41 Å². The fourth-order valence-corrected chi connectivity index (χ4v) is 4.63. The molecule has 0 aromatic carbocycles. The number of aliphatic hydroxyl groups is 1. The summed E-state index contributed by atoms with van der Waals surface area (Å²) < 4.78 is 0. The minimum Gasteiger partial charge on any atom is -0.390 e. The summed E-state index contributed by atoms with van der Waals surface area (Å²) in [5.41, 5.74) is 0.223. The molecular weight excluding hydrogens is 228 g/mol. The minimum atomic E-state index is -0.404. The second kappa shape index (κ2) is 4.40. The van der Waals surface area contributed by atoms with Crippen LogP contribution in [0.4, 0.5) is 0 Å². The Kier molecular flexibility index (Phi) is 3.04. The zero-order chi connectivity index (χ0) is 11.8. The third-order valence-corrected chi connectivity index (χ3v) is 5.87. The number of rotatable bonds is 2. The summed E-state index contributed by atoms with van der Waals surface area (Å²) in [4.78, 5) is 1.34. The Morgan fingerprint density at radius 2 is 1.76 bits per heavy atom. The van der Waals surface area contributed by atoms with E-state index in [0.29, 0.717) is 5.41 Å². The highest BCUT2D eigenvalue weighted by atomic mass is 32.1. The first-order valence-electron chi connectivity index (χ1n) is 6.95. The second-order valence-electron chi connectivity index (χ2n) is 6.19. The predicted molar refractivity (Wildman–Crippen MR) is 72.3 cm³/mol. The average Bonchev–Trinajstić information content (AvgIpc) is 2.96. The van der Waals surface area contributed by atoms with E-state index in [9.17, 15) is 5.11 Å². The van der Waals surface area contributed by atoms with Gasteiger partial charge in [0.1, 0.15) is 0 Å². The van der Waals surface area contributed by atoms with Crippen molar-refractivity contribution in [3.05, 3.63) is 22.4 Å². The van der Waals surface area contributed by atoms with Crippen LogP contribution in [0.3, 0.4) is 0 Å². The van der Waals surface area contributed by atoms with Gasteiger partial charge in [-0.15, -0.1) is 11.3 Å². The highest BCUT2D eigenvalue weighted by Gasteiger charge is 2.42. The predicted octanol–water partition coefficient (Wildman–Crippen LogP) is 4.16. The van der Waals surface area contributed by atoms with Gasteiger partial charge in [0.05, 0.1) is 5.60 Å². The molecule has 3 rings (SSSR count). The van der Waals surface area contributed by atoms with Crippen molar-refractivity contribution in [3.63, 3.8) is 0 Å². The van der Waals surface area contributed by atoms with Gasteiger partial charge in [-0.3, -0.25) is 0 Å². The van der Waals surface area contributed by atoms with Crippen LogP contribution in [0.1, 0.15) is 56.2 Å². The fourth-order valence-electron chi connectivity index (χ4n) is 3.78. The van der Waals surface area contributed by atoms with Crippen molar-refractivity contribution in [2.24, 2.45) is 5.41 Å². The Morgan fingerprint density at radius 1 is 1.06 bits per heavy atom. The van der Waals surface area contributed by atoms with Crippen LogP contribution in [-0.4, -0.2) is 10.7 Å². The zero-order valence-electron chi connectivity index (χ0n) is 10.5. The van der Waals surface area contributed by atoms with Crippen LogP contribution in [0.2, 0.25) is 0 Å². The molecule has 1 nitrogen and oxygen atoms in total. The van der Waals surface area contributed by atoms with Crippen molar-refractivity contribution in [1.82, 2.24) is 0 Å². The van der Waals surface area contributed by atoms with E-state index in [1.54, 1.807) is 11.3 Å². The maximum Gasteiger partial charge on any atom is 0.0696 e. The monoisotopic (exact) mass is 250 g/mol. The van der Waals surface area contributed by atoms with Crippen LogP contribution in [0.25, 0.3) is 0 Å². The van der Waals surface area contributed by atoms with E-state index in [0.717, 1.165) is 19.3 Å². The Bertz CT molecular complexity index is 352. The van der Waals surface area contributed by atoms with E-state index in [1.165, 1.54) is 43.4 Å². The first-order valence-corrected chi connectivity index (χ1v) is 7.83. The molecule has 94 valence electrons. The Labute approximate surface area is 108 Å². The molecule has 0 unspecified atom stereocenters. The fraction of sp³-hybridized carbons (Fsp3) is 0.733. The molecular formula is C15H22OS. The average molecular weight is 250 g/mol. The first kappa shape index (κ1) is 11.7. The summed E-state index contributed by atoms with van der Waals surface area (Å²) >= 11 is 1.78. The lowest BCUT2D eigenvalue weighted by Gasteiger charge is -2.42. The largest absolute Gasteiger partial charge is 0.390 e. The van der Waals surface area contributed by atoms with Crippen LogP contribution in [-0.2, 0) is 6.42 Å². The number of hydrogen-bond acceptors (Lipinski definition) is 2. The van der Waals surface area contributed by atoms with Crippen LogP contribution in [0.15, 0.2) is 17.5 Å². The highest BCUT2D eigenvalue weighted by Crippen LogP contribution is 2.51. The maximum atomic E-state index is 10.7. The van der Waals surface area contributed by atoms with Gasteiger partial charge in [0.15, 0.2) is 0 Å². The molecule has 1 heterocycles.